The molecule has 4 heteroatoms. The molecule has 0 heterocycles. The highest BCUT2D eigenvalue weighted by atomic mass is 16.5. The lowest BCUT2D eigenvalue weighted by molar-refractivity contribution is 0.212. The third kappa shape index (κ3) is 5.94. The van der Waals surface area contributed by atoms with Gasteiger partial charge in [0.15, 0.2) is 11.5 Å². The second-order valence-electron chi connectivity index (χ2n) is 5.23. The van der Waals surface area contributed by atoms with Crippen LogP contribution in [0, 0.1) is 0 Å². The van der Waals surface area contributed by atoms with Gasteiger partial charge in [0.25, 0.3) is 0 Å². The number of nitrogens with two attached hydrogens (primary N) is 1. The van der Waals surface area contributed by atoms with Gasteiger partial charge in [-0.3, -0.25) is 0 Å². The number of likely N-dealkylation sites (N-methyl/N-ethyl adjacent to an activating group) is 1. The Morgan fingerprint density at radius 3 is 2.43 bits per heavy atom. The van der Waals surface area contributed by atoms with Crippen LogP contribution in [0.15, 0.2) is 18.2 Å². The van der Waals surface area contributed by atoms with E-state index in [0.717, 1.165) is 43.1 Å². The predicted octanol–water partition coefficient (Wildman–Crippen LogP) is 2.70. The fourth-order valence-corrected chi connectivity index (χ4v) is 2.32. The van der Waals surface area contributed by atoms with Crippen molar-refractivity contribution in [3.8, 4) is 11.5 Å². The Hall–Kier alpha value is -1.26. The highest BCUT2D eigenvalue weighted by Crippen LogP contribution is 2.32. The molecule has 21 heavy (non-hydrogen) atoms. The Bertz CT molecular complexity index is 404. The summed E-state index contributed by atoms with van der Waals surface area (Å²) in [5.74, 6) is 1.67. The number of benzene rings is 1. The summed E-state index contributed by atoms with van der Waals surface area (Å²) >= 11 is 0. The number of nitrogens with zero attached hydrogens (tertiary/aromatic N) is 1. The number of hydrogen-bond acceptors (Lipinski definition) is 4. The minimum atomic E-state index is 0.104. The second kappa shape index (κ2) is 9.64. The molecule has 0 aliphatic heterocycles. The molecular weight excluding hydrogens is 264 g/mol. The van der Waals surface area contributed by atoms with Crippen molar-refractivity contribution in [2.45, 2.75) is 40.2 Å². The normalized spacial score (nSPS) is 12.5. The van der Waals surface area contributed by atoms with Gasteiger partial charge < -0.3 is 20.1 Å². The van der Waals surface area contributed by atoms with Crippen LogP contribution in [0.5, 0.6) is 11.5 Å². The van der Waals surface area contributed by atoms with Gasteiger partial charge in [0.2, 0.25) is 0 Å². The SMILES string of the molecule is CCOc1cccc(CC(C)N)c1OCCN(CC)CC. The van der Waals surface area contributed by atoms with Gasteiger partial charge in [-0.05, 0) is 45.0 Å². The van der Waals surface area contributed by atoms with Gasteiger partial charge in [-0.25, -0.2) is 0 Å². The standard InChI is InChI=1S/C17H30N2O2/c1-5-19(6-2)11-12-21-17-15(13-14(4)18)9-8-10-16(17)20-7-3/h8-10,14H,5-7,11-13,18H2,1-4H3. The molecule has 120 valence electrons. The molecule has 1 unspecified atom stereocenters. The third-order valence-electron chi connectivity index (χ3n) is 3.45. The molecule has 0 bridgehead atoms. The van der Waals surface area contributed by atoms with E-state index < -0.39 is 0 Å². The zero-order chi connectivity index (χ0) is 15.7. The van der Waals surface area contributed by atoms with Gasteiger partial charge in [-0.15, -0.1) is 0 Å². The van der Waals surface area contributed by atoms with Gasteiger partial charge in [-0.2, -0.15) is 0 Å². The molecule has 0 saturated heterocycles. The van der Waals surface area contributed by atoms with Crippen molar-refractivity contribution in [2.75, 3.05) is 32.8 Å². The first kappa shape index (κ1) is 17.8. The van der Waals surface area contributed by atoms with Gasteiger partial charge >= 0.3 is 0 Å². The van der Waals surface area contributed by atoms with E-state index in [9.17, 15) is 0 Å². The Balaban J connectivity index is 2.79. The molecule has 0 radical (unpaired) electrons. The second-order valence-corrected chi connectivity index (χ2v) is 5.23. The molecule has 0 aromatic heterocycles. The summed E-state index contributed by atoms with van der Waals surface area (Å²) < 4.78 is 11.7. The summed E-state index contributed by atoms with van der Waals surface area (Å²) in [6.07, 6.45) is 0.793. The monoisotopic (exact) mass is 294 g/mol. The Morgan fingerprint density at radius 2 is 1.86 bits per heavy atom. The quantitative estimate of drug-likeness (QED) is 0.721. The molecule has 0 spiro atoms. The number of ether oxygens (including phenoxy) is 2. The van der Waals surface area contributed by atoms with Crippen LogP contribution in [-0.2, 0) is 6.42 Å². The van der Waals surface area contributed by atoms with Crippen molar-refractivity contribution in [1.82, 2.24) is 4.90 Å². The van der Waals surface area contributed by atoms with Gasteiger partial charge in [0.1, 0.15) is 6.61 Å². The Morgan fingerprint density at radius 1 is 1.14 bits per heavy atom. The van der Waals surface area contributed by atoms with Crippen LogP contribution in [-0.4, -0.2) is 43.8 Å². The van der Waals surface area contributed by atoms with Crippen LogP contribution in [0.25, 0.3) is 0 Å². The van der Waals surface area contributed by atoms with Gasteiger partial charge in [0.05, 0.1) is 6.61 Å². The number of rotatable bonds is 10. The van der Waals surface area contributed by atoms with E-state index in [2.05, 4.69) is 24.8 Å². The summed E-state index contributed by atoms with van der Waals surface area (Å²) in [5.41, 5.74) is 7.05. The van der Waals surface area contributed by atoms with Crippen LogP contribution < -0.4 is 15.2 Å². The van der Waals surface area contributed by atoms with Crippen LogP contribution in [0.2, 0.25) is 0 Å². The maximum absolute atomic E-state index is 6.03. The van der Waals surface area contributed by atoms with E-state index in [1.54, 1.807) is 0 Å². The highest BCUT2D eigenvalue weighted by molar-refractivity contribution is 5.47. The zero-order valence-corrected chi connectivity index (χ0v) is 13.9. The first-order chi connectivity index (χ1) is 10.1. The maximum Gasteiger partial charge on any atom is 0.164 e. The van der Waals surface area contributed by atoms with Crippen molar-refractivity contribution in [2.24, 2.45) is 5.73 Å². The van der Waals surface area contributed by atoms with Crippen molar-refractivity contribution in [3.63, 3.8) is 0 Å². The molecule has 1 aromatic rings. The van der Waals surface area contributed by atoms with Crippen molar-refractivity contribution >= 4 is 0 Å². The fourth-order valence-electron chi connectivity index (χ4n) is 2.32. The first-order valence-corrected chi connectivity index (χ1v) is 7.97. The van der Waals surface area contributed by atoms with Crippen molar-refractivity contribution in [3.05, 3.63) is 23.8 Å². The van der Waals surface area contributed by atoms with E-state index >= 15 is 0 Å². The van der Waals surface area contributed by atoms with Gasteiger partial charge in [-0.1, -0.05) is 26.0 Å². The zero-order valence-electron chi connectivity index (χ0n) is 13.9. The Kier molecular flexibility index (Phi) is 8.16. The predicted molar refractivity (Wildman–Crippen MR) is 88.2 cm³/mol. The summed E-state index contributed by atoms with van der Waals surface area (Å²) in [4.78, 5) is 2.34. The Labute approximate surface area is 129 Å². The minimum absolute atomic E-state index is 0.104. The number of hydrogen-bond donors (Lipinski definition) is 1. The van der Waals surface area contributed by atoms with Crippen LogP contribution >= 0.6 is 0 Å². The summed E-state index contributed by atoms with van der Waals surface area (Å²) in [5, 5.41) is 0. The minimum Gasteiger partial charge on any atom is -0.490 e. The molecule has 0 aliphatic carbocycles. The first-order valence-electron chi connectivity index (χ1n) is 7.97. The molecule has 1 atom stereocenters. The highest BCUT2D eigenvalue weighted by Gasteiger charge is 2.13. The molecular formula is C17H30N2O2. The lowest BCUT2D eigenvalue weighted by Crippen LogP contribution is -2.28. The fraction of sp³-hybridized carbons (Fsp3) is 0.647. The molecule has 0 aliphatic rings. The van der Waals surface area contributed by atoms with Crippen LogP contribution in [0.4, 0.5) is 0 Å². The lowest BCUT2D eigenvalue weighted by atomic mass is 10.1. The average Bonchev–Trinajstić information content (AvgIpc) is 2.45. The molecule has 0 fully saturated rings. The average molecular weight is 294 g/mol. The van der Waals surface area contributed by atoms with E-state index in [0.29, 0.717) is 13.2 Å². The summed E-state index contributed by atoms with van der Waals surface area (Å²) in [6, 6.07) is 6.13. The van der Waals surface area contributed by atoms with Crippen LogP contribution in [0.3, 0.4) is 0 Å². The maximum atomic E-state index is 6.03. The summed E-state index contributed by atoms with van der Waals surface area (Å²) in [6.45, 7) is 12.6. The topological polar surface area (TPSA) is 47.7 Å². The lowest BCUT2D eigenvalue weighted by Gasteiger charge is -2.21. The van der Waals surface area contributed by atoms with E-state index in [1.807, 2.05) is 26.0 Å². The van der Waals surface area contributed by atoms with Crippen LogP contribution in [0.1, 0.15) is 33.3 Å². The largest absolute Gasteiger partial charge is 0.490 e. The molecule has 0 saturated carbocycles. The van der Waals surface area contributed by atoms with Gasteiger partial charge in [0, 0.05) is 12.6 Å². The number of para-hydroxylation sites is 1. The molecule has 2 N–H and O–H groups in total. The molecule has 4 nitrogen and oxygen atoms in total. The van der Waals surface area contributed by atoms with Crippen molar-refractivity contribution in [1.29, 1.82) is 0 Å². The molecule has 0 amide bonds. The molecule has 1 rings (SSSR count). The van der Waals surface area contributed by atoms with E-state index in [-0.39, 0.29) is 6.04 Å². The van der Waals surface area contributed by atoms with E-state index in [1.165, 1.54) is 0 Å². The smallest absolute Gasteiger partial charge is 0.164 e. The van der Waals surface area contributed by atoms with E-state index in [4.69, 9.17) is 15.2 Å². The van der Waals surface area contributed by atoms with Crippen molar-refractivity contribution < 1.29 is 9.47 Å². The third-order valence-corrected chi connectivity index (χ3v) is 3.45. The summed E-state index contributed by atoms with van der Waals surface area (Å²) in [7, 11) is 0. The molecule has 1 aromatic carbocycles.